The second kappa shape index (κ2) is 9.73. The number of hydrogen-bond donors (Lipinski definition) is 1. The molecule has 2 aromatic carbocycles. The van der Waals surface area contributed by atoms with Gasteiger partial charge >= 0.3 is 5.97 Å². The van der Waals surface area contributed by atoms with E-state index in [1.54, 1.807) is 12.1 Å². The molecule has 0 saturated heterocycles. The molecule has 0 fully saturated rings. The van der Waals surface area contributed by atoms with Gasteiger partial charge in [-0.15, -0.1) is 0 Å². The number of aliphatic hydroxyl groups excluding tert-OH is 1. The molecule has 0 aliphatic carbocycles. The molecule has 0 radical (unpaired) electrons. The largest absolute Gasteiger partial charge is 0.543 e. The van der Waals surface area contributed by atoms with Gasteiger partial charge in [-0.2, -0.15) is 0 Å². The standard InChI is InChI=1S/C23H30Cl2O4Si/c1-23(2,3)30(5,6)29-17-9-7-8-15(12-17)10-11-20(26)16-13-18(24)21(19(25)14-16)22(27)28-4/h7-9,12-14,20,26H,10-11H2,1-6H3. The average Bonchev–Trinajstić information content (AvgIpc) is 2.64. The third-order valence-corrected chi connectivity index (χ3v) is 10.6. The van der Waals surface area contributed by atoms with Crippen molar-refractivity contribution in [3.63, 3.8) is 0 Å². The molecule has 0 aliphatic heterocycles. The first-order valence-electron chi connectivity index (χ1n) is 9.89. The number of methoxy groups -OCH3 is 1. The Hall–Kier alpha value is -1.53. The monoisotopic (exact) mass is 468 g/mol. The Balaban J connectivity index is 2.10. The summed E-state index contributed by atoms with van der Waals surface area (Å²) in [5, 5.41) is 11.1. The lowest BCUT2D eigenvalue weighted by atomic mass is 10.00. The molecule has 0 amide bonds. The molecular formula is C23H30Cl2O4Si. The minimum absolute atomic E-state index is 0.104. The molecule has 0 aromatic heterocycles. The van der Waals surface area contributed by atoms with E-state index in [0.29, 0.717) is 18.4 Å². The fraction of sp³-hybridized carbons (Fsp3) is 0.435. The van der Waals surface area contributed by atoms with E-state index < -0.39 is 20.4 Å². The van der Waals surface area contributed by atoms with E-state index in [-0.39, 0.29) is 20.6 Å². The molecule has 0 spiro atoms. The van der Waals surface area contributed by atoms with Gasteiger partial charge in [0.25, 0.3) is 0 Å². The minimum Gasteiger partial charge on any atom is -0.543 e. The Kier molecular flexibility index (Phi) is 8.02. The first-order valence-corrected chi connectivity index (χ1v) is 13.6. The van der Waals surface area contributed by atoms with Gasteiger partial charge < -0.3 is 14.3 Å². The van der Waals surface area contributed by atoms with Crippen molar-refractivity contribution < 1.29 is 19.1 Å². The first-order chi connectivity index (χ1) is 13.9. The highest BCUT2D eigenvalue weighted by Gasteiger charge is 2.38. The van der Waals surface area contributed by atoms with Crippen LogP contribution in [-0.4, -0.2) is 26.5 Å². The highest BCUT2D eigenvalue weighted by Crippen LogP contribution is 2.37. The molecule has 1 N–H and O–H groups in total. The van der Waals surface area contributed by atoms with E-state index in [4.69, 9.17) is 32.4 Å². The van der Waals surface area contributed by atoms with Crippen molar-refractivity contribution in [1.29, 1.82) is 0 Å². The van der Waals surface area contributed by atoms with Gasteiger partial charge in [0.15, 0.2) is 0 Å². The van der Waals surface area contributed by atoms with E-state index in [2.05, 4.69) is 33.9 Å². The molecule has 0 bridgehead atoms. The van der Waals surface area contributed by atoms with Crippen LogP contribution in [-0.2, 0) is 11.2 Å². The molecule has 1 unspecified atom stereocenters. The SMILES string of the molecule is COC(=O)c1c(Cl)cc(C(O)CCc2cccc(O[Si](C)(C)C(C)(C)C)c2)cc1Cl. The lowest BCUT2D eigenvalue weighted by Gasteiger charge is -2.36. The van der Waals surface area contributed by atoms with Crippen LogP contribution in [0.2, 0.25) is 28.2 Å². The molecule has 0 aliphatic rings. The highest BCUT2D eigenvalue weighted by molar-refractivity contribution is 6.74. The Morgan fingerprint density at radius 2 is 1.73 bits per heavy atom. The molecule has 2 aromatic rings. The normalized spacial score (nSPS) is 13.1. The van der Waals surface area contributed by atoms with E-state index >= 15 is 0 Å². The summed E-state index contributed by atoms with van der Waals surface area (Å²) in [7, 11) is -0.649. The maximum absolute atomic E-state index is 11.8. The predicted molar refractivity (Wildman–Crippen MR) is 125 cm³/mol. The molecular weight excluding hydrogens is 439 g/mol. The van der Waals surface area contributed by atoms with E-state index in [1.807, 2.05) is 24.3 Å². The number of ether oxygens (including phenoxy) is 1. The number of halogens is 2. The van der Waals surface area contributed by atoms with Gasteiger partial charge in [-0.1, -0.05) is 56.1 Å². The summed E-state index contributed by atoms with van der Waals surface area (Å²) < 4.78 is 11.1. The van der Waals surface area contributed by atoms with Crippen LogP contribution in [0.3, 0.4) is 0 Å². The number of carbonyl (C=O) groups is 1. The molecule has 4 nitrogen and oxygen atoms in total. The molecule has 164 valence electrons. The molecule has 7 heteroatoms. The van der Waals surface area contributed by atoms with Crippen molar-refractivity contribution in [3.05, 3.63) is 63.1 Å². The third kappa shape index (κ3) is 6.00. The lowest BCUT2D eigenvalue weighted by Crippen LogP contribution is -2.43. The van der Waals surface area contributed by atoms with E-state index in [1.165, 1.54) is 7.11 Å². The van der Waals surface area contributed by atoms with Gasteiger partial charge in [0.1, 0.15) is 5.75 Å². The fourth-order valence-electron chi connectivity index (χ4n) is 2.76. The van der Waals surface area contributed by atoms with Gasteiger partial charge in [0.2, 0.25) is 8.32 Å². The predicted octanol–water partition coefficient (Wildman–Crippen LogP) is 6.83. The van der Waals surface area contributed by atoms with Crippen LogP contribution in [0, 0.1) is 0 Å². The zero-order valence-electron chi connectivity index (χ0n) is 18.4. The fourth-order valence-corrected chi connectivity index (χ4v) is 4.45. The highest BCUT2D eigenvalue weighted by atomic mass is 35.5. The van der Waals surface area contributed by atoms with Crippen LogP contribution in [0.25, 0.3) is 0 Å². The Morgan fingerprint density at radius 3 is 2.27 bits per heavy atom. The van der Waals surface area contributed by atoms with Crippen LogP contribution in [0.15, 0.2) is 36.4 Å². The Labute approximate surface area is 190 Å². The zero-order valence-corrected chi connectivity index (χ0v) is 20.9. The van der Waals surface area contributed by atoms with Gasteiger partial charge in [-0.25, -0.2) is 4.79 Å². The van der Waals surface area contributed by atoms with Gasteiger partial charge in [0.05, 0.1) is 28.8 Å². The third-order valence-electron chi connectivity index (χ3n) is 5.62. The summed E-state index contributed by atoms with van der Waals surface area (Å²) in [5.41, 5.74) is 1.74. The zero-order chi connectivity index (χ0) is 22.7. The van der Waals surface area contributed by atoms with E-state index in [9.17, 15) is 9.90 Å². The van der Waals surface area contributed by atoms with Crippen LogP contribution in [0.5, 0.6) is 5.75 Å². The number of carbonyl (C=O) groups excluding carboxylic acids is 1. The van der Waals surface area contributed by atoms with Crippen molar-refractivity contribution in [3.8, 4) is 5.75 Å². The van der Waals surface area contributed by atoms with Crippen LogP contribution >= 0.6 is 23.2 Å². The Morgan fingerprint density at radius 1 is 1.13 bits per heavy atom. The maximum atomic E-state index is 11.8. The number of hydrogen-bond acceptors (Lipinski definition) is 4. The summed E-state index contributed by atoms with van der Waals surface area (Å²) >= 11 is 12.4. The second-order valence-electron chi connectivity index (χ2n) is 8.92. The summed E-state index contributed by atoms with van der Waals surface area (Å²) in [6.45, 7) is 11.1. The minimum atomic E-state index is -1.91. The topological polar surface area (TPSA) is 55.8 Å². The van der Waals surface area contributed by atoms with Crippen molar-refractivity contribution in [2.24, 2.45) is 0 Å². The summed E-state index contributed by atoms with van der Waals surface area (Å²) in [6, 6.07) is 11.1. The number of aliphatic hydroxyl groups is 1. The van der Waals surface area contributed by atoms with Crippen LogP contribution in [0.1, 0.15) is 54.8 Å². The maximum Gasteiger partial charge on any atom is 0.340 e. The first kappa shape index (κ1) is 24.7. The van der Waals surface area contributed by atoms with Crippen LogP contribution in [0.4, 0.5) is 0 Å². The van der Waals surface area contributed by atoms with Crippen LogP contribution < -0.4 is 4.43 Å². The quantitative estimate of drug-likeness (QED) is 0.357. The summed E-state index contributed by atoms with van der Waals surface area (Å²) in [4.78, 5) is 11.8. The number of aryl methyl sites for hydroxylation is 1. The van der Waals surface area contributed by atoms with Crippen molar-refractivity contribution >= 4 is 37.5 Å². The molecule has 0 heterocycles. The van der Waals surface area contributed by atoms with E-state index in [0.717, 1.165) is 11.3 Å². The number of benzene rings is 2. The Bertz CT molecular complexity index is 883. The summed E-state index contributed by atoms with van der Waals surface area (Å²) in [6.07, 6.45) is 0.370. The molecule has 0 saturated carbocycles. The van der Waals surface area contributed by atoms with Gasteiger partial charge in [0, 0.05) is 0 Å². The van der Waals surface area contributed by atoms with Crippen molar-refractivity contribution in [2.45, 2.75) is 57.8 Å². The average molecular weight is 469 g/mol. The molecule has 30 heavy (non-hydrogen) atoms. The lowest BCUT2D eigenvalue weighted by molar-refractivity contribution is 0.0601. The van der Waals surface area contributed by atoms with Gasteiger partial charge in [-0.3, -0.25) is 0 Å². The van der Waals surface area contributed by atoms with Crippen molar-refractivity contribution in [2.75, 3.05) is 7.11 Å². The smallest absolute Gasteiger partial charge is 0.340 e. The molecule has 2 rings (SSSR count). The molecule has 1 atom stereocenters. The van der Waals surface area contributed by atoms with Crippen molar-refractivity contribution in [1.82, 2.24) is 0 Å². The van der Waals surface area contributed by atoms with Gasteiger partial charge in [-0.05, 0) is 66.4 Å². The number of esters is 1. The summed E-state index contributed by atoms with van der Waals surface area (Å²) in [5.74, 6) is 0.256. The number of rotatable bonds is 7. The second-order valence-corrected chi connectivity index (χ2v) is 14.5.